The number of anilines is 1. The van der Waals surface area contributed by atoms with Gasteiger partial charge in [0.05, 0.1) is 15.8 Å². The van der Waals surface area contributed by atoms with E-state index in [0.717, 1.165) is 47.0 Å². The van der Waals surface area contributed by atoms with E-state index in [-0.39, 0.29) is 12.5 Å². The van der Waals surface area contributed by atoms with Crippen LogP contribution in [0.2, 0.25) is 0 Å². The molecule has 1 N–H and O–H groups in total. The van der Waals surface area contributed by atoms with Crippen LogP contribution in [0.5, 0.6) is 0 Å². The number of aromatic nitrogens is 1. The molecule has 1 amide bonds. The average Bonchev–Trinajstić information content (AvgIpc) is 3.25. The molecule has 0 saturated carbocycles. The van der Waals surface area contributed by atoms with Crippen molar-refractivity contribution in [3.63, 3.8) is 0 Å². The van der Waals surface area contributed by atoms with Crippen molar-refractivity contribution < 1.29 is 18.0 Å². The summed E-state index contributed by atoms with van der Waals surface area (Å²) in [6, 6.07) is 18.7. The molecule has 0 fully saturated rings. The summed E-state index contributed by atoms with van der Waals surface area (Å²) >= 11 is 1.54. The molecular formula is C25H20F3N3OS. The number of carbonyl (C=O) groups is 1. The summed E-state index contributed by atoms with van der Waals surface area (Å²) in [6.45, 7) is 1.71. The van der Waals surface area contributed by atoms with Crippen molar-refractivity contribution in [3.8, 4) is 0 Å². The molecule has 0 aliphatic carbocycles. The lowest BCUT2D eigenvalue weighted by Gasteiger charge is -2.28. The first-order valence-corrected chi connectivity index (χ1v) is 11.4. The minimum Gasteiger partial charge on any atom is -0.348 e. The summed E-state index contributed by atoms with van der Waals surface area (Å²) in [5, 5.41) is 3.62. The largest absolute Gasteiger partial charge is 0.416 e. The second-order valence-electron chi connectivity index (χ2n) is 8.00. The maximum absolute atomic E-state index is 12.9. The third-order valence-electron chi connectivity index (χ3n) is 5.75. The van der Waals surface area contributed by atoms with E-state index < -0.39 is 11.7 Å². The first-order chi connectivity index (χ1) is 15.9. The molecule has 1 aromatic heterocycles. The molecule has 0 spiro atoms. The highest BCUT2D eigenvalue weighted by Crippen LogP contribution is 2.33. The molecule has 4 aromatic rings. The number of alkyl halides is 3. The average molecular weight is 468 g/mol. The molecule has 0 unspecified atom stereocenters. The van der Waals surface area contributed by atoms with Gasteiger partial charge in [0.2, 0.25) is 0 Å². The van der Waals surface area contributed by atoms with Gasteiger partial charge in [-0.3, -0.25) is 4.79 Å². The second kappa shape index (κ2) is 8.51. The van der Waals surface area contributed by atoms with Crippen LogP contribution in [-0.4, -0.2) is 17.4 Å². The number of fused-ring (bicyclic) bond motifs is 2. The van der Waals surface area contributed by atoms with Crippen molar-refractivity contribution >= 4 is 32.6 Å². The van der Waals surface area contributed by atoms with Gasteiger partial charge in [-0.1, -0.05) is 47.7 Å². The fraction of sp³-hybridized carbons (Fsp3) is 0.200. The zero-order chi connectivity index (χ0) is 23.0. The topological polar surface area (TPSA) is 45.2 Å². The molecule has 33 heavy (non-hydrogen) atoms. The van der Waals surface area contributed by atoms with E-state index in [0.29, 0.717) is 11.1 Å². The minimum atomic E-state index is -4.41. The minimum absolute atomic E-state index is 0.0158. The predicted octanol–water partition coefficient (Wildman–Crippen LogP) is 5.81. The summed E-state index contributed by atoms with van der Waals surface area (Å²) in [6.07, 6.45) is -3.44. The summed E-state index contributed by atoms with van der Waals surface area (Å²) < 4.78 is 39.6. The van der Waals surface area contributed by atoms with E-state index in [2.05, 4.69) is 28.4 Å². The van der Waals surface area contributed by atoms with Crippen LogP contribution < -0.4 is 10.2 Å². The molecule has 0 saturated heterocycles. The van der Waals surface area contributed by atoms with Gasteiger partial charge in [-0.15, -0.1) is 0 Å². The standard InChI is InChI=1S/C25H20F3N3OS/c26-25(27,28)20-7-3-4-16(12-20)14-29-23(32)18-8-9-21-22(13-18)33-24(30-21)31-11-10-17-5-1-2-6-19(17)15-31/h1-9,12-13H,10-11,14-15H2,(H,29,32). The Labute approximate surface area is 192 Å². The monoisotopic (exact) mass is 467 g/mol. The lowest BCUT2D eigenvalue weighted by atomic mass is 10.0. The molecule has 168 valence electrons. The van der Waals surface area contributed by atoms with Crippen LogP contribution >= 0.6 is 11.3 Å². The van der Waals surface area contributed by atoms with Gasteiger partial charge in [0, 0.05) is 25.2 Å². The highest BCUT2D eigenvalue weighted by Gasteiger charge is 2.30. The normalized spacial score (nSPS) is 13.7. The Morgan fingerprint density at radius 1 is 1.03 bits per heavy atom. The molecule has 0 radical (unpaired) electrons. The van der Waals surface area contributed by atoms with E-state index in [1.165, 1.54) is 28.5 Å². The zero-order valence-electron chi connectivity index (χ0n) is 17.5. The second-order valence-corrected chi connectivity index (χ2v) is 9.01. The number of carbonyl (C=O) groups excluding carboxylic acids is 1. The highest BCUT2D eigenvalue weighted by molar-refractivity contribution is 7.22. The Hall–Kier alpha value is -3.39. The van der Waals surface area contributed by atoms with Gasteiger partial charge >= 0.3 is 6.18 Å². The lowest BCUT2D eigenvalue weighted by Crippen LogP contribution is -2.30. The molecule has 2 heterocycles. The fourth-order valence-corrected chi connectivity index (χ4v) is 5.02. The van der Waals surface area contributed by atoms with Crippen molar-refractivity contribution in [2.24, 2.45) is 0 Å². The van der Waals surface area contributed by atoms with Crippen molar-refractivity contribution in [3.05, 3.63) is 94.5 Å². The SMILES string of the molecule is O=C(NCc1cccc(C(F)(F)F)c1)c1ccc2nc(N3CCc4ccccc4C3)sc2c1. The van der Waals surface area contributed by atoms with E-state index in [9.17, 15) is 18.0 Å². The molecule has 8 heteroatoms. The number of thiazole rings is 1. The van der Waals surface area contributed by atoms with E-state index >= 15 is 0 Å². The maximum Gasteiger partial charge on any atom is 0.416 e. The van der Waals surface area contributed by atoms with E-state index in [1.54, 1.807) is 18.2 Å². The van der Waals surface area contributed by atoms with Gasteiger partial charge in [-0.25, -0.2) is 4.98 Å². The Morgan fingerprint density at radius 3 is 2.67 bits per heavy atom. The maximum atomic E-state index is 12.9. The molecule has 3 aromatic carbocycles. The van der Waals surface area contributed by atoms with Crippen molar-refractivity contribution in [2.75, 3.05) is 11.4 Å². The first kappa shape index (κ1) is 21.5. The number of nitrogens with zero attached hydrogens (tertiary/aromatic N) is 2. The van der Waals surface area contributed by atoms with E-state index in [4.69, 9.17) is 4.98 Å². The van der Waals surface area contributed by atoms with E-state index in [1.807, 2.05) is 12.1 Å². The summed E-state index contributed by atoms with van der Waals surface area (Å²) in [7, 11) is 0. The molecule has 1 aliphatic rings. The van der Waals surface area contributed by atoms with Crippen molar-refractivity contribution in [2.45, 2.75) is 25.7 Å². The lowest BCUT2D eigenvalue weighted by molar-refractivity contribution is -0.137. The molecule has 1 aliphatic heterocycles. The number of hydrogen-bond acceptors (Lipinski definition) is 4. The van der Waals surface area contributed by atoms with Crippen molar-refractivity contribution in [1.82, 2.24) is 10.3 Å². The Morgan fingerprint density at radius 2 is 1.85 bits per heavy atom. The van der Waals surface area contributed by atoms with Crippen LogP contribution in [0.4, 0.5) is 18.3 Å². The van der Waals surface area contributed by atoms with Gasteiger partial charge in [-0.05, 0) is 53.4 Å². The van der Waals surface area contributed by atoms with Gasteiger partial charge in [0.15, 0.2) is 5.13 Å². The highest BCUT2D eigenvalue weighted by atomic mass is 32.1. The summed E-state index contributed by atoms with van der Waals surface area (Å²) in [5.74, 6) is -0.337. The molecule has 5 rings (SSSR count). The molecule has 4 nitrogen and oxygen atoms in total. The molecule has 0 atom stereocenters. The Kier molecular flexibility index (Phi) is 5.54. The van der Waals surface area contributed by atoms with Crippen LogP contribution in [0.3, 0.4) is 0 Å². The quantitative estimate of drug-likeness (QED) is 0.412. The number of benzene rings is 3. The summed E-state index contributed by atoms with van der Waals surface area (Å²) in [4.78, 5) is 19.6. The smallest absolute Gasteiger partial charge is 0.348 e. The van der Waals surface area contributed by atoms with Crippen LogP contribution in [0.15, 0.2) is 66.7 Å². The third kappa shape index (κ3) is 4.57. The van der Waals surface area contributed by atoms with Gasteiger partial charge < -0.3 is 10.2 Å². The number of rotatable bonds is 4. The van der Waals surface area contributed by atoms with Crippen LogP contribution in [0, 0.1) is 0 Å². The Balaban J connectivity index is 1.29. The summed E-state index contributed by atoms with van der Waals surface area (Å²) in [5.41, 5.74) is 3.61. The first-order valence-electron chi connectivity index (χ1n) is 10.5. The number of amides is 1. The number of halogens is 3. The fourth-order valence-electron chi connectivity index (χ4n) is 3.99. The predicted molar refractivity (Wildman–Crippen MR) is 123 cm³/mol. The van der Waals surface area contributed by atoms with Crippen LogP contribution in [0.1, 0.15) is 32.6 Å². The van der Waals surface area contributed by atoms with Gasteiger partial charge in [-0.2, -0.15) is 13.2 Å². The van der Waals surface area contributed by atoms with Crippen LogP contribution in [0.25, 0.3) is 10.2 Å². The Bertz CT molecular complexity index is 1330. The third-order valence-corrected chi connectivity index (χ3v) is 6.83. The number of nitrogens with one attached hydrogen (secondary N) is 1. The molecule has 0 bridgehead atoms. The number of hydrogen-bond donors (Lipinski definition) is 1. The van der Waals surface area contributed by atoms with Crippen molar-refractivity contribution in [1.29, 1.82) is 0 Å². The van der Waals surface area contributed by atoms with Crippen LogP contribution in [-0.2, 0) is 25.7 Å². The zero-order valence-corrected chi connectivity index (χ0v) is 18.3. The van der Waals surface area contributed by atoms with Gasteiger partial charge in [0.25, 0.3) is 5.91 Å². The molecular weight excluding hydrogens is 447 g/mol. The van der Waals surface area contributed by atoms with Gasteiger partial charge in [0.1, 0.15) is 0 Å².